The second-order valence-electron chi connectivity index (χ2n) is 5.90. The Morgan fingerprint density at radius 2 is 1.70 bits per heavy atom. The molecule has 2 N–H and O–H groups in total. The number of carbonyl (C=O) groups is 2. The van der Waals surface area contributed by atoms with E-state index in [0.29, 0.717) is 28.2 Å². The monoisotopic (exact) mass is 314 g/mol. The van der Waals surface area contributed by atoms with Crippen LogP contribution in [0.2, 0.25) is 0 Å². The minimum Gasteiger partial charge on any atom is -0.459 e. The van der Waals surface area contributed by atoms with Crippen molar-refractivity contribution < 1.29 is 14.3 Å². The lowest BCUT2D eigenvalue weighted by Crippen LogP contribution is -2.15. The van der Waals surface area contributed by atoms with E-state index < -0.39 is 5.97 Å². The number of esters is 1. The molecule has 1 aromatic carbocycles. The number of H-pyrrole nitrogens is 1. The summed E-state index contributed by atoms with van der Waals surface area (Å²) in [5.41, 5.74) is 3.85. The third kappa shape index (κ3) is 3.80. The Morgan fingerprint density at radius 1 is 1.09 bits per heavy atom. The number of hydrogen-bond acceptors (Lipinski definition) is 3. The highest BCUT2D eigenvalue weighted by atomic mass is 16.5. The lowest BCUT2D eigenvalue weighted by molar-refractivity contribution is 0.0376. The van der Waals surface area contributed by atoms with Crippen molar-refractivity contribution in [1.82, 2.24) is 4.98 Å². The number of hydrogen-bond donors (Lipinski definition) is 2. The quantitative estimate of drug-likeness (QED) is 0.844. The van der Waals surface area contributed by atoms with Crippen molar-refractivity contribution in [3.05, 3.63) is 52.3 Å². The fourth-order valence-corrected chi connectivity index (χ4v) is 2.39. The number of aromatic nitrogens is 1. The minimum absolute atomic E-state index is 0.207. The molecule has 0 atom stereocenters. The number of rotatable bonds is 4. The standard InChI is InChI=1S/C18H22N2O3/c1-10(2)23-18(22)15-12(4)16(19-13(15)5)17(21)20-14-8-6-11(3)7-9-14/h6-10,19H,1-5H3,(H,20,21). The van der Waals surface area contributed by atoms with Gasteiger partial charge in [0.05, 0.1) is 11.7 Å². The summed E-state index contributed by atoms with van der Waals surface area (Å²) in [6, 6.07) is 7.53. The molecule has 0 spiro atoms. The van der Waals surface area contributed by atoms with Crippen molar-refractivity contribution in [2.75, 3.05) is 5.32 Å². The molecular weight excluding hydrogens is 292 g/mol. The average molecular weight is 314 g/mol. The van der Waals surface area contributed by atoms with Crippen molar-refractivity contribution in [3.8, 4) is 0 Å². The van der Waals surface area contributed by atoms with Crippen LogP contribution in [0.5, 0.6) is 0 Å². The molecule has 1 heterocycles. The van der Waals surface area contributed by atoms with Crippen molar-refractivity contribution in [3.63, 3.8) is 0 Å². The number of benzene rings is 1. The molecule has 0 fully saturated rings. The van der Waals surface area contributed by atoms with Gasteiger partial charge in [0, 0.05) is 11.4 Å². The second-order valence-corrected chi connectivity index (χ2v) is 5.90. The van der Waals surface area contributed by atoms with Gasteiger partial charge >= 0.3 is 5.97 Å². The summed E-state index contributed by atoms with van der Waals surface area (Å²) in [4.78, 5) is 27.6. The van der Waals surface area contributed by atoms with E-state index in [0.717, 1.165) is 5.56 Å². The number of anilines is 1. The molecular formula is C18H22N2O3. The second kappa shape index (κ2) is 6.69. The number of carbonyl (C=O) groups excluding carboxylic acids is 2. The lowest BCUT2D eigenvalue weighted by atomic mass is 10.1. The van der Waals surface area contributed by atoms with Gasteiger partial charge < -0.3 is 15.0 Å². The Labute approximate surface area is 136 Å². The van der Waals surface area contributed by atoms with E-state index >= 15 is 0 Å². The Hall–Kier alpha value is -2.56. The molecule has 0 radical (unpaired) electrons. The van der Waals surface area contributed by atoms with Crippen LogP contribution >= 0.6 is 0 Å². The molecule has 2 aromatic rings. The molecule has 1 aromatic heterocycles. The molecule has 0 saturated heterocycles. The van der Waals surface area contributed by atoms with Crippen LogP contribution in [0, 0.1) is 20.8 Å². The Bertz CT molecular complexity index is 727. The molecule has 0 aliphatic heterocycles. The van der Waals surface area contributed by atoms with E-state index in [-0.39, 0.29) is 12.0 Å². The molecule has 122 valence electrons. The lowest BCUT2D eigenvalue weighted by Gasteiger charge is -2.08. The number of nitrogens with one attached hydrogen (secondary N) is 2. The van der Waals surface area contributed by atoms with Crippen LogP contribution in [-0.2, 0) is 4.74 Å². The van der Waals surface area contributed by atoms with Crippen LogP contribution in [0.15, 0.2) is 24.3 Å². The Kier molecular flexibility index (Phi) is 4.89. The Balaban J connectivity index is 2.24. The molecule has 5 heteroatoms. The van der Waals surface area contributed by atoms with Crippen molar-refractivity contribution in [1.29, 1.82) is 0 Å². The van der Waals surface area contributed by atoms with E-state index in [4.69, 9.17) is 4.74 Å². The van der Waals surface area contributed by atoms with Crippen LogP contribution < -0.4 is 5.32 Å². The fraction of sp³-hybridized carbons (Fsp3) is 0.333. The number of aryl methyl sites for hydroxylation is 2. The summed E-state index contributed by atoms with van der Waals surface area (Å²) in [6.45, 7) is 9.06. The molecule has 2 rings (SSSR count). The molecule has 0 saturated carbocycles. The first kappa shape index (κ1) is 16.8. The predicted molar refractivity (Wildman–Crippen MR) is 90.0 cm³/mol. The largest absolute Gasteiger partial charge is 0.459 e. The molecule has 0 bridgehead atoms. The van der Waals surface area contributed by atoms with Gasteiger partial charge in [0.1, 0.15) is 5.69 Å². The van der Waals surface area contributed by atoms with Crippen LogP contribution in [0.4, 0.5) is 5.69 Å². The van der Waals surface area contributed by atoms with E-state index in [1.54, 1.807) is 27.7 Å². The summed E-state index contributed by atoms with van der Waals surface area (Å²) in [7, 11) is 0. The minimum atomic E-state index is -0.416. The first-order chi connectivity index (χ1) is 10.8. The van der Waals surface area contributed by atoms with Gasteiger partial charge in [-0.25, -0.2) is 4.79 Å². The van der Waals surface area contributed by atoms with Gasteiger partial charge in [-0.15, -0.1) is 0 Å². The van der Waals surface area contributed by atoms with Gasteiger partial charge in [0.2, 0.25) is 0 Å². The smallest absolute Gasteiger partial charge is 0.340 e. The first-order valence-corrected chi connectivity index (χ1v) is 7.57. The van der Waals surface area contributed by atoms with Crippen LogP contribution in [0.3, 0.4) is 0 Å². The topological polar surface area (TPSA) is 71.2 Å². The summed E-state index contributed by atoms with van der Waals surface area (Å²) in [5, 5.41) is 2.82. The van der Waals surface area contributed by atoms with E-state index in [1.165, 1.54) is 0 Å². The van der Waals surface area contributed by atoms with Gasteiger partial charge in [-0.05, 0) is 52.3 Å². The molecule has 1 amide bonds. The van der Waals surface area contributed by atoms with Gasteiger partial charge in [0.15, 0.2) is 0 Å². The van der Waals surface area contributed by atoms with Gasteiger partial charge in [-0.2, -0.15) is 0 Å². The van der Waals surface area contributed by atoms with Crippen LogP contribution in [-0.4, -0.2) is 23.0 Å². The maximum atomic E-state index is 12.4. The molecule has 23 heavy (non-hydrogen) atoms. The zero-order valence-corrected chi connectivity index (χ0v) is 14.1. The number of aromatic amines is 1. The molecule has 0 aliphatic rings. The maximum Gasteiger partial charge on any atom is 0.340 e. The molecule has 0 aliphatic carbocycles. The summed E-state index contributed by atoms with van der Waals surface area (Å²) in [5.74, 6) is -0.696. The predicted octanol–water partition coefficient (Wildman–Crippen LogP) is 3.76. The van der Waals surface area contributed by atoms with Crippen molar-refractivity contribution >= 4 is 17.6 Å². The normalized spacial score (nSPS) is 10.7. The van der Waals surface area contributed by atoms with Crippen LogP contribution in [0.1, 0.15) is 51.5 Å². The summed E-state index contributed by atoms with van der Waals surface area (Å²) >= 11 is 0. The molecule has 5 nitrogen and oxygen atoms in total. The third-order valence-electron chi connectivity index (χ3n) is 3.52. The molecule has 0 unspecified atom stereocenters. The van der Waals surface area contributed by atoms with E-state index in [1.807, 2.05) is 31.2 Å². The van der Waals surface area contributed by atoms with E-state index in [9.17, 15) is 9.59 Å². The van der Waals surface area contributed by atoms with Crippen molar-refractivity contribution in [2.24, 2.45) is 0 Å². The first-order valence-electron chi connectivity index (χ1n) is 7.57. The van der Waals surface area contributed by atoms with E-state index in [2.05, 4.69) is 10.3 Å². The number of amides is 1. The highest BCUT2D eigenvalue weighted by molar-refractivity contribution is 6.06. The average Bonchev–Trinajstić information content (AvgIpc) is 2.76. The summed E-state index contributed by atoms with van der Waals surface area (Å²) in [6.07, 6.45) is -0.207. The maximum absolute atomic E-state index is 12.4. The van der Waals surface area contributed by atoms with Gasteiger partial charge in [0.25, 0.3) is 5.91 Å². The zero-order valence-electron chi connectivity index (χ0n) is 14.1. The highest BCUT2D eigenvalue weighted by Gasteiger charge is 2.23. The van der Waals surface area contributed by atoms with Gasteiger partial charge in [-0.3, -0.25) is 4.79 Å². The third-order valence-corrected chi connectivity index (χ3v) is 3.52. The van der Waals surface area contributed by atoms with Gasteiger partial charge in [-0.1, -0.05) is 17.7 Å². The van der Waals surface area contributed by atoms with Crippen LogP contribution in [0.25, 0.3) is 0 Å². The SMILES string of the molecule is Cc1ccc(NC(=O)c2[nH]c(C)c(C(=O)OC(C)C)c2C)cc1. The highest BCUT2D eigenvalue weighted by Crippen LogP contribution is 2.21. The Morgan fingerprint density at radius 3 is 2.26 bits per heavy atom. The zero-order chi connectivity index (χ0) is 17.1. The van der Waals surface area contributed by atoms with Crippen molar-refractivity contribution in [2.45, 2.75) is 40.7 Å². The summed E-state index contributed by atoms with van der Waals surface area (Å²) < 4.78 is 5.23. The fourth-order valence-electron chi connectivity index (χ4n) is 2.39. The number of ether oxygens (including phenoxy) is 1.